The molecule has 10 heteroatoms. The van der Waals surface area contributed by atoms with Crippen molar-refractivity contribution in [2.45, 2.75) is 206 Å². The van der Waals surface area contributed by atoms with E-state index in [9.17, 15) is 19.4 Å². The van der Waals surface area contributed by atoms with Crippen LogP contribution >= 0.6 is 7.82 Å². The average molecular weight is 709 g/mol. The minimum atomic E-state index is -4.50. The molecule has 0 aliphatic carbocycles. The van der Waals surface area contributed by atoms with E-state index in [1.807, 2.05) is 0 Å². The fourth-order valence-electron chi connectivity index (χ4n) is 5.71. The number of phosphoric acid groups is 1. The van der Waals surface area contributed by atoms with Crippen molar-refractivity contribution >= 4 is 13.8 Å². The molecule has 3 unspecified atom stereocenters. The summed E-state index contributed by atoms with van der Waals surface area (Å²) in [5, 5.41) is 18.3. The molecule has 0 aromatic carbocycles. The van der Waals surface area contributed by atoms with Gasteiger partial charge in [-0.3, -0.25) is 13.8 Å². The van der Waals surface area contributed by atoms with Crippen LogP contribution in [0, 0.1) is 0 Å². The highest BCUT2D eigenvalue weighted by Crippen LogP contribution is 2.43. The molecule has 0 aliphatic heterocycles. The summed E-state index contributed by atoms with van der Waals surface area (Å²) in [6, 6.07) is 0. The Hall–Kier alpha value is -0.540. The second-order valence-electron chi connectivity index (χ2n) is 13.7. The van der Waals surface area contributed by atoms with Crippen molar-refractivity contribution in [3.05, 3.63) is 0 Å². The van der Waals surface area contributed by atoms with Crippen molar-refractivity contribution in [3.63, 3.8) is 0 Å². The molecule has 0 radical (unpaired) electrons. The van der Waals surface area contributed by atoms with E-state index >= 15 is 0 Å². The van der Waals surface area contributed by atoms with Gasteiger partial charge in [-0.25, -0.2) is 4.57 Å². The van der Waals surface area contributed by atoms with E-state index in [-0.39, 0.29) is 25.6 Å². The van der Waals surface area contributed by atoms with Crippen LogP contribution in [0.1, 0.15) is 194 Å². The number of unbranched alkanes of at least 4 members (excludes halogenated alkanes) is 25. The maximum atomic E-state index is 12.5. The molecule has 0 amide bonds. The van der Waals surface area contributed by atoms with Crippen LogP contribution in [-0.4, -0.2) is 66.3 Å². The summed E-state index contributed by atoms with van der Waals surface area (Å²) in [6.45, 7) is 3.54. The Morgan fingerprint density at radius 1 is 0.562 bits per heavy atom. The molecule has 0 fully saturated rings. The van der Waals surface area contributed by atoms with Crippen LogP contribution in [-0.2, 0) is 27.9 Å². The van der Waals surface area contributed by atoms with Crippen molar-refractivity contribution in [1.82, 2.24) is 0 Å². The van der Waals surface area contributed by atoms with Gasteiger partial charge in [-0.15, -0.1) is 0 Å². The summed E-state index contributed by atoms with van der Waals surface area (Å²) in [5.74, 6) is -0.379. The van der Waals surface area contributed by atoms with Gasteiger partial charge in [-0.1, -0.05) is 174 Å². The zero-order valence-electron chi connectivity index (χ0n) is 31.2. The monoisotopic (exact) mass is 709 g/mol. The average Bonchev–Trinajstić information content (AvgIpc) is 3.07. The molecule has 0 aromatic heterocycles. The molecule has 0 saturated heterocycles. The molecule has 9 nitrogen and oxygen atoms in total. The van der Waals surface area contributed by atoms with Crippen LogP contribution in [0.25, 0.3) is 0 Å². The predicted octanol–water partition coefficient (Wildman–Crippen LogP) is 10.4. The van der Waals surface area contributed by atoms with E-state index in [0.717, 1.165) is 32.1 Å². The number of hydrogen-bond donors (Lipinski definition) is 3. The summed E-state index contributed by atoms with van der Waals surface area (Å²) < 4.78 is 33.2. The van der Waals surface area contributed by atoms with E-state index in [1.165, 1.54) is 141 Å². The van der Waals surface area contributed by atoms with E-state index < -0.39 is 33.2 Å². The lowest BCUT2D eigenvalue weighted by atomic mass is 10.0. The number of aliphatic hydroxyl groups is 2. The third-order valence-corrected chi connectivity index (χ3v) is 9.74. The molecule has 0 rings (SSSR count). The first-order valence-electron chi connectivity index (χ1n) is 20.0. The lowest BCUT2D eigenvalue weighted by molar-refractivity contribution is -0.154. The van der Waals surface area contributed by atoms with E-state index in [2.05, 4.69) is 13.8 Å². The minimum absolute atomic E-state index is 0.0567. The first kappa shape index (κ1) is 47.5. The van der Waals surface area contributed by atoms with Gasteiger partial charge in [0.1, 0.15) is 12.2 Å². The molecule has 0 bridgehead atoms. The van der Waals surface area contributed by atoms with Gasteiger partial charge in [-0.2, -0.15) is 0 Å². The van der Waals surface area contributed by atoms with Gasteiger partial charge in [0, 0.05) is 13.0 Å². The molecular weight excluding hydrogens is 631 g/mol. The van der Waals surface area contributed by atoms with Gasteiger partial charge in [0.15, 0.2) is 0 Å². The Kier molecular flexibility index (Phi) is 35.8. The SMILES string of the molecule is CCCCCCCCCCCCCCCCCCCCC(=O)OC(COCCCCCCCCCCC)COP(=O)(O)OCC(O)CO. The fraction of sp³-hybridized carbons (Fsp3) is 0.974. The molecule has 0 saturated carbocycles. The number of carbonyl (C=O) groups excluding carboxylic acids is 1. The molecule has 0 heterocycles. The normalized spacial score (nSPS) is 14.2. The van der Waals surface area contributed by atoms with Gasteiger partial charge in [-0.05, 0) is 12.8 Å². The maximum Gasteiger partial charge on any atom is 0.472 e. The largest absolute Gasteiger partial charge is 0.472 e. The number of hydrogen-bond acceptors (Lipinski definition) is 8. The molecule has 288 valence electrons. The smallest absolute Gasteiger partial charge is 0.457 e. The molecule has 48 heavy (non-hydrogen) atoms. The van der Waals surface area contributed by atoms with Gasteiger partial charge >= 0.3 is 13.8 Å². The van der Waals surface area contributed by atoms with Crippen LogP contribution < -0.4 is 0 Å². The van der Waals surface area contributed by atoms with Gasteiger partial charge in [0.2, 0.25) is 0 Å². The Morgan fingerprint density at radius 2 is 0.938 bits per heavy atom. The summed E-state index contributed by atoms with van der Waals surface area (Å²) in [5.41, 5.74) is 0. The Balaban J connectivity index is 4.09. The van der Waals surface area contributed by atoms with E-state index in [1.54, 1.807) is 0 Å². The Morgan fingerprint density at radius 3 is 1.35 bits per heavy atom. The maximum absolute atomic E-state index is 12.5. The summed E-state index contributed by atoms with van der Waals surface area (Å²) in [7, 11) is -4.50. The zero-order valence-corrected chi connectivity index (χ0v) is 32.1. The van der Waals surface area contributed by atoms with Crippen molar-refractivity contribution in [2.24, 2.45) is 0 Å². The number of esters is 1. The first-order valence-corrected chi connectivity index (χ1v) is 21.5. The second-order valence-corrected chi connectivity index (χ2v) is 15.1. The molecule has 3 N–H and O–H groups in total. The van der Waals surface area contributed by atoms with Crippen LogP contribution in [0.2, 0.25) is 0 Å². The van der Waals surface area contributed by atoms with Crippen LogP contribution in [0.4, 0.5) is 0 Å². The van der Waals surface area contributed by atoms with Crippen molar-refractivity contribution < 1.29 is 43.0 Å². The molecule has 0 aliphatic rings. The molecular formula is C38H77O9P. The van der Waals surface area contributed by atoms with Crippen molar-refractivity contribution in [1.29, 1.82) is 0 Å². The third-order valence-electron chi connectivity index (χ3n) is 8.79. The fourth-order valence-corrected chi connectivity index (χ4v) is 6.50. The number of aliphatic hydroxyl groups excluding tert-OH is 2. The van der Waals surface area contributed by atoms with Gasteiger partial charge < -0.3 is 24.6 Å². The lowest BCUT2D eigenvalue weighted by Crippen LogP contribution is -2.29. The van der Waals surface area contributed by atoms with Gasteiger partial charge in [0.05, 0.1) is 26.4 Å². The van der Waals surface area contributed by atoms with E-state index in [0.29, 0.717) is 6.61 Å². The Bertz CT molecular complexity index is 724. The standard InChI is InChI=1S/C38H77O9P/c1-3-5-7-9-11-13-14-15-16-17-18-19-20-21-22-24-26-28-30-38(41)47-37(35-46-48(42,43)45-33-36(40)32-39)34-44-31-29-27-25-23-12-10-8-6-4-2/h36-37,39-40H,3-35H2,1-2H3,(H,42,43). The summed E-state index contributed by atoms with van der Waals surface area (Å²) >= 11 is 0. The number of carbonyl (C=O) groups is 1. The second kappa shape index (κ2) is 36.3. The zero-order chi connectivity index (χ0) is 35.4. The topological polar surface area (TPSA) is 132 Å². The molecule has 0 spiro atoms. The van der Waals surface area contributed by atoms with E-state index in [4.69, 9.17) is 23.6 Å². The lowest BCUT2D eigenvalue weighted by Gasteiger charge is -2.20. The predicted molar refractivity (Wildman–Crippen MR) is 196 cm³/mol. The highest BCUT2D eigenvalue weighted by Gasteiger charge is 2.26. The number of phosphoric ester groups is 1. The minimum Gasteiger partial charge on any atom is -0.457 e. The Labute approximate surface area is 295 Å². The summed E-state index contributed by atoms with van der Waals surface area (Å²) in [4.78, 5) is 22.5. The van der Waals surface area contributed by atoms with Crippen molar-refractivity contribution in [2.75, 3.05) is 33.0 Å². The molecule has 0 aromatic rings. The first-order chi connectivity index (χ1) is 23.3. The quantitative estimate of drug-likeness (QED) is 0.0324. The molecule has 3 atom stereocenters. The van der Waals surface area contributed by atoms with Crippen molar-refractivity contribution in [3.8, 4) is 0 Å². The third kappa shape index (κ3) is 35.3. The number of ether oxygens (including phenoxy) is 2. The highest BCUT2D eigenvalue weighted by atomic mass is 31.2. The van der Waals surface area contributed by atoms with Crippen LogP contribution in [0.15, 0.2) is 0 Å². The highest BCUT2D eigenvalue weighted by molar-refractivity contribution is 7.47. The summed E-state index contributed by atoms with van der Waals surface area (Å²) in [6.07, 6.45) is 32.1. The number of rotatable bonds is 39. The van der Waals surface area contributed by atoms with Crippen LogP contribution in [0.3, 0.4) is 0 Å². The van der Waals surface area contributed by atoms with Gasteiger partial charge in [0.25, 0.3) is 0 Å². The van der Waals surface area contributed by atoms with Crippen LogP contribution in [0.5, 0.6) is 0 Å².